The van der Waals surface area contributed by atoms with Gasteiger partial charge in [0.15, 0.2) is 0 Å². The first-order chi connectivity index (χ1) is 14.4. The zero-order valence-corrected chi connectivity index (χ0v) is 18.7. The Labute approximate surface area is 181 Å². The molecule has 5 amide bonds. The molecule has 0 aromatic rings. The number of likely N-dealkylation sites (tertiary alicyclic amines) is 1. The number of carbonyl (C=O) groups excluding carboxylic acids is 5. The van der Waals surface area contributed by atoms with E-state index in [1.165, 1.54) is 4.90 Å². The lowest BCUT2D eigenvalue weighted by Crippen LogP contribution is -2.55. The predicted molar refractivity (Wildman–Crippen MR) is 108 cm³/mol. The maximum Gasteiger partial charge on any atom is 0.433 e. The van der Waals surface area contributed by atoms with Crippen LogP contribution >= 0.6 is 0 Å². The number of nitrogens with one attached hydrogen (secondary N) is 2. The van der Waals surface area contributed by atoms with Gasteiger partial charge in [-0.1, -0.05) is 13.8 Å². The molecule has 2 N–H and O–H groups in total. The van der Waals surface area contributed by atoms with E-state index < -0.39 is 47.7 Å². The molecule has 0 aliphatic carbocycles. The second-order valence-corrected chi connectivity index (χ2v) is 9.13. The molecule has 0 radical (unpaired) electrons. The second kappa shape index (κ2) is 9.97. The van der Waals surface area contributed by atoms with Crippen molar-refractivity contribution in [3.8, 4) is 0 Å². The van der Waals surface area contributed by atoms with Crippen molar-refractivity contribution in [2.75, 3.05) is 6.54 Å². The van der Waals surface area contributed by atoms with Gasteiger partial charge in [-0.25, -0.2) is 9.59 Å². The van der Waals surface area contributed by atoms with Gasteiger partial charge >= 0.3 is 12.2 Å². The number of nitrogens with zero attached hydrogens (tertiary/aromatic N) is 2. The van der Waals surface area contributed by atoms with Crippen molar-refractivity contribution in [3.63, 3.8) is 0 Å². The molecule has 0 unspecified atom stereocenters. The predicted octanol–water partition coefficient (Wildman–Crippen LogP) is 1.66. The van der Waals surface area contributed by atoms with Gasteiger partial charge in [-0.05, 0) is 46.0 Å². The highest BCUT2D eigenvalue weighted by atomic mass is 16.7. The maximum absolute atomic E-state index is 12.9. The molecule has 0 spiro atoms. The SMILES string of the molecule is CC(C)C[C@@H](NC(=O)ON1C(=O)CCC1=O)NC(=O)[C@@H]1CCCN1C(=O)OC(C)(C)C. The van der Waals surface area contributed by atoms with Gasteiger partial charge in [0.1, 0.15) is 17.8 Å². The Balaban J connectivity index is 1.99. The minimum absolute atomic E-state index is 0.0134. The maximum atomic E-state index is 12.9. The van der Waals surface area contributed by atoms with Crippen molar-refractivity contribution in [1.29, 1.82) is 0 Å². The summed E-state index contributed by atoms with van der Waals surface area (Å²) < 4.78 is 5.38. The van der Waals surface area contributed by atoms with Crippen LogP contribution in [-0.2, 0) is 24.0 Å². The van der Waals surface area contributed by atoms with Crippen LogP contribution in [0.1, 0.15) is 66.7 Å². The fraction of sp³-hybridized carbons (Fsp3) is 0.750. The van der Waals surface area contributed by atoms with Crippen LogP contribution < -0.4 is 10.6 Å². The molecule has 0 aromatic carbocycles. The van der Waals surface area contributed by atoms with Crippen LogP contribution in [0.2, 0.25) is 0 Å². The average molecular weight is 440 g/mol. The molecular weight excluding hydrogens is 408 g/mol. The van der Waals surface area contributed by atoms with E-state index in [4.69, 9.17) is 9.57 Å². The van der Waals surface area contributed by atoms with Gasteiger partial charge in [-0.2, -0.15) is 0 Å². The van der Waals surface area contributed by atoms with E-state index in [2.05, 4.69) is 10.6 Å². The van der Waals surface area contributed by atoms with Crippen LogP contribution in [0.15, 0.2) is 0 Å². The smallest absolute Gasteiger partial charge is 0.433 e. The molecule has 0 aromatic heterocycles. The third-order valence-electron chi connectivity index (χ3n) is 4.68. The molecule has 0 bridgehead atoms. The molecule has 11 heteroatoms. The van der Waals surface area contributed by atoms with Crippen LogP contribution in [-0.4, -0.2) is 64.2 Å². The molecule has 2 rings (SSSR count). The van der Waals surface area contributed by atoms with Crippen LogP contribution in [0.5, 0.6) is 0 Å². The van der Waals surface area contributed by atoms with Crippen molar-refractivity contribution in [2.45, 2.75) is 84.5 Å². The Morgan fingerprint density at radius 1 is 1.10 bits per heavy atom. The second-order valence-electron chi connectivity index (χ2n) is 9.13. The van der Waals surface area contributed by atoms with E-state index in [9.17, 15) is 24.0 Å². The number of hydrogen-bond donors (Lipinski definition) is 2. The minimum Gasteiger partial charge on any atom is -0.444 e. The van der Waals surface area contributed by atoms with E-state index in [0.717, 1.165) is 0 Å². The third kappa shape index (κ3) is 7.11. The Hall–Kier alpha value is -2.85. The molecule has 2 aliphatic rings. The zero-order chi connectivity index (χ0) is 23.3. The monoisotopic (exact) mass is 440 g/mol. The van der Waals surface area contributed by atoms with E-state index in [1.54, 1.807) is 20.8 Å². The highest BCUT2D eigenvalue weighted by molar-refractivity contribution is 6.01. The molecule has 31 heavy (non-hydrogen) atoms. The van der Waals surface area contributed by atoms with E-state index in [-0.39, 0.29) is 18.8 Å². The number of rotatable bonds is 6. The summed E-state index contributed by atoms with van der Waals surface area (Å²) in [4.78, 5) is 66.9. The van der Waals surface area contributed by atoms with E-state index >= 15 is 0 Å². The van der Waals surface area contributed by atoms with E-state index in [1.807, 2.05) is 13.8 Å². The first-order valence-electron chi connectivity index (χ1n) is 10.5. The highest BCUT2D eigenvalue weighted by Crippen LogP contribution is 2.21. The number of ether oxygens (including phenoxy) is 1. The zero-order valence-electron chi connectivity index (χ0n) is 18.7. The molecule has 2 saturated heterocycles. The molecule has 0 saturated carbocycles. The lowest BCUT2D eigenvalue weighted by atomic mass is 10.1. The Kier molecular flexibility index (Phi) is 7.85. The average Bonchev–Trinajstić information content (AvgIpc) is 3.22. The molecule has 2 atom stereocenters. The quantitative estimate of drug-likeness (QED) is 0.474. The van der Waals surface area contributed by atoms with Crippen molar-refractivity contribution < 1.29 is 33.5 Å². The minimum atomic E-state index is -1.02. The topological polar surface area (TPSA) is 134 Å². The molecule has 2 fully saturated rings. The Morgan fingerprint density at radius 3 is 2.26 bits per heavy atom. The molecule has 2 aliphatic heterocycles. The van der Waals surface area contributed by atoms with Crippen LogP contribution in [0.3, 0.4) is 0 Å². The van der Waals surface area contributed by atoms with Crippen LogP contribution in [0, 0.1) is 5.92 Å². The van der Waals surface area contributed by atoms with Gasteiger partial charge in [-0.15, -0.1) is 5.06 Å². The van der Waals surface area contributed by atoms with Crippen molar-refractivity contribution in [3.05, 3.63) is 0 Å². The van der Waals surface area contributed by atoms with Gasteiger partial charge < -0.3 is 14.9 Å². The largest absolute Gasteiger partial charge is 0.444 e. The van der Waals surface area contributed by atoms with Crippen molar-refractivity contribution in [1.82, 2.24) is 20.6 Å². The van der Waals surface area contributed by atoms with Gasteiger partial charge in [0.05, 0.1) is 0 Å². The normalized spacial score (nSPS) is 20.1. The van der Waals surface area contributed by atoms with Crippen LogP contribution in [0.4, 0.5) is 9.59 Å². The summed E-state index contributed by atoms with van der Waals surface area (Å²) >= 11 is 0. The molecular formula is C20H32N4O7. The molecule has 174 valence electrons. The lowest BCUT2D eigenvalue weighted by molar-refractivity contribution is -0.171. The van der Waals surface area contributed by atoms with Gasteiger partial charge in [-0.3, -0.25) is 24.6 Å². The first-order valence-corrected chi connectivity index (χ1v) is 10.5. The van der Waals surface area contributed by atoms with E-state index in [0.29, 0.717) is 30.9 Å². The summed E-state index contributed by atoms with van der Waals surface area (Å²) in [6.07, 6.45) is -0.924. The Bertz CT molecular complexity index is 716. The number of hydrogen-bond acceptors (Lipinski definition) is 7. The number of carbonyl (C=O) groups is 5. The summed E-state index contributed by atoms with van der Waals surface area (Å²) in [5, 5.41) is 5.64. The van der Waals surface area contributed by atoms with Gasteiger partial charge in [0.2, 0.25) is 5.91 Å². The number of hydroxylamine groups is 2. The van der Waals surface area contributed by atoms with Gasteiger partial charge in [0, 0.05) is 19.4 Å². The summed E-state index contributed by atoms with van der Waals surface area (Å²) in [7, 11) is 0. The summed E-state index contributed by atoms with van der Waals surface area (Å²) in [5.41, 5.74) is -0.684. The lowest BCUT2D eigenvalue weighted by Gasteiger charge is -2.29. The first kappa shape index (κ1) is 24.4. The summed E-state index contributed by atoms with van der Waals surface area (Å²) in [6, 6.07) is -0.718. The third-order valence-corrected chi connectivity index (χ3v) is 4.68. The molecule has 2 heterocycles. The van der Waals surface area contributed by atoms with Gasteiger partial charge in [0.25, 0.3) is 11.8 Å². The number of amides is 5. The fourth-order valence-corrected chi connectivity index (χ4v) is 3.38. The molecule has 11 nitrogen and oxygen atoms in total. The standard InChI is InChI=1S/C20H32N4O7/c1-12(2)11-14(22-18(28)31-24-15(25)8-9-16(24)26)21-17(27)13-7-6-10-23(13)19(29)30-20(3,4)5/h12-14H,6-11H2,1-5H3,(H,21,27)(H,22,28)/t13-,14+/m0/s1. The van der Waals surface area contributed by atoms with Crippen molar-refractivity contribution in [2.24, 2.45) is 5.92 Å². The summed E-state index contributed by atoms with van der Waals surface area (Å²) in [6.45, 7) is 9.46. The number of imide groups is 1. The van der Waals surface area contributed by atoms with Crippen molar-refractivity contribution >= 4 is 29.9 Å². The fourth-order valence-electron chi connectivity index (χ4n) is 3.38. The summed E-state index contributed by atoms with van der Waals surface area (Å²) in [5.74, 6) is -1.51. The highest BCUT2D eigenvalue weighted by Gasteiger charge is 2.38. The van der Waals surface area contributed by atoms with Crippen LogP contribution in [0.25, 0.3) is 0 Å². The Morgan fingerprint density at radius 2 is 1.71 bits per heavy atom.